The summed E-state index contributed by atoms with van der Waals surface area (Å²) >= 11 is 0. The van der Waals surface area contributed by atoms with Gasteiger partial charge in [0.05, 0.1) is 5.56 Å². The number of aromatic carboxylic acids is 1. The monoisotopic (exact) mass is 256 g/mol. The third kappa shape index (κ3) is 3.31. The van der Waals surface area contributed by atoms with Gasteiger partial charge in [-0.15, -0.1) is 0 Å². The van der Waals surface area contributed by atoms with Crippen molar-refractivity contribution >= 4 is 11.7 Å². The zero-order chi connectivity index (χ0) is 13.7. The summed E-state index contributed by atoms with van der Waals surface area (Å²) in [6.45, 7) is 3.71. The van der Waals surface area contributed by atoms with Crippen molar-refractivity contribution < 1.29 is 9.90 Å². The van der Waals surface area contributed by atoms with Crippen LogP contribution in [0, 0.1) is 0 Å². The van der Waals surface area contributed by atoms with Crippen molar-refractivity contribution in [3.8, 4) is 0 Å². The minimum atomic E-state index is -0.899. The van der Waals surface area contributed by atoms with Crippen LogP contribution in [0.1, 0.15) is 22.8 Å². The van der Waals surface area contributed by atoms with Crippen LogP contribution in [-0.4, -0.2) is 22.6 Å². The number of anilines is 1. The summed E-state index contributed by atoms with van der Waals surface area (Å²) in [4.78, 5) is 17.0. The zero-order valence-electron chi connectivity index (χ0n) is 10.8. The average molecular weight is 256 g/mol. The largest absolute Gasteiger partial charge is 0.478 e. The van der Waals surface area contributed by atoms with E-state index in [4.69, 9.17) is 5.11 Å². The second-order valence-electron chi connectivity index (χ2n) is 4.22. The number of hydrogen-bond donors (Lipinski definition) is 1. The first-order chi connectivity index (χ1) is 9.20. The number of pyridine rings is 1. The Morgan fingerprint density at radius 1 is 1.16 bits per heavy atom. The lowest BCUT2D eigenvalue weighted by atomic mass is 10.2. The molecule has 0 aliphatic rings. The minimum absolute atomic E-state index is 0.309. The lowest BCUT2D eigenvalue weighted by molar-refractivity contribution is 0.0697. The highest BCUT2D eigenvalue weighted by molar-refractivity contribution is 5.88. The van der Waals surface area contributed by atoms with Gasteiger partial charge in [0.25, 0.3) is 0 Å². The molecule has 19 heavy (non-hydrogen) atoms. The summed E-state index contributed by atoms with van der Waals surface area (Å²) in [5.41, 5.74) is 2.51. The molecule has 98 valence electrons. The van der Waals surface area contributed by atoms with Gasteiger partial charge in [0, 0.05) is 31.2 Å². The second kappa shape index (κ2) is 6.00. The molecule has 0 saturated heterocycles. The van der Waals surface area contributed by atoms with Crippen LogP contribution in [0.3, 0.4) is 0 Å². The molecular weight excluding hydrogens is 240 g/mol. The van der Waals surface area contributed by atoms with Gasteiger partial charge in [-0.1, -0.05) is 0 Å². The maximum atomic E-state index is 10.8. The summed E-state index contributed by atoms with van der Waals surface area (Å²) < 4.78 is 0. The SMILES string of the molecule is CCN(Cc1ccncc1)c1ccc(C(=O)O)cc1. The molecule has 1 heterocycles. The molecule has 2 rings (SSSR count). The molecular formula is C15H16N2O2. The van der Waals surface area contributed by atoms with Crippen LogP contribution in [0.4, 0.5) is 5.69 Å². The van der Waals surface area contributed by atoms with Crippen molar-refractivity contribution in [3.05, 3.63) is 59.9 Å². The number of nitrogens with zero attached hydrogens (tertiary/aromatic N) is 2. The standard InChI is InChI=1S/C15H16N2O2/c1-2-17(11-12-7-9-16-10-8-12)14-5-3-13(4-6-14)15(18)19/h3-10H,2,11H2,1H3,(H,18,19). The van der Waals surface area contributed by atoms with E-state index >= 15 is 0 Å². The first-order valence-corrected chi connectivity index (χ1v) is 6.18. The van der Waals surface area contributed by atoms with Crippen LogP contribution < -0.4 is 4.90 Å². The molecule has 4 heteroatoms. The predicted octanol–water partition coefficient (Wildman–Crippen LogP) is 2.81. The van der Waals surface area contributed by atoms with E-state index in [2.05, 4.69) is 16.8 Å². The molecule has 1 N–H and O–H groups in total. The molecule has 4 nitrogen and oxygen atoms in total. The van der Waals surface area contributed by atoms with E-state index in [1.807, 2.05) is 24.3 Å². The van der Waals surface area contributed by atoms with E-state index in [1.165, 1.54) is 5.56 Å². The van der Waals surface area contributed by atoms with Gasteiger partial charge in [0.1, 0.15) is 0 Å². The molecule has 0 atom stereocenters. The van der Waals surface area contributed by atoms with E-state index in [9.17, 15) is 4.79 Å². The lowest BCUT2D eigenvalue weighted by Crippen LogP contribution is -2.21. The van der Waals surface area contributed by atoms with Crippen molar-refractivity contribution in [1.29, 1.82) is 0 Å². The van der Waals surface area contributed by atoms with E-state index < -0.39 is 5.97 Å². The molecule has 0 spiro atoms. The molecule has 1 aromatic carbocycles. The van der Waals surface area contributed by atoms with Crippen LogP contribution in [-0.2, 0) is 6.54 Å². The van der Waals surface area contributed by atoms with Crippen LogP contribution in [0.5, 0.6) is 0 Å². The van der Waals surface area contributed by atoms with Crippen LogP contribution in [0.15, 0.2) is 48.8 Å². The minimum Gasteiger partial charge on any atom is -0.478 e. The van der Waals surface area contributed by atoms with Crippen LogP contribution >= 0.6 is 0 Å². The van der Waals surface area contributed by atoms with E-state index in [-0.39, 0.29) is 0 Å². The Balaban J connectivity index is 2.15. The zero-order valence-corrected chi connectivity index (χ0v) is 10.8. The Bertz CT molecular complexity index is 538. The highest BCUT2D eigenvalue weighted by Crippen LogP contribution is 2.17. The number of carbonyl (C=O) groups is 1. The molecule has 0 aliphatic carbocycles. The van der Waals surface area contributed by atoms with Gasteiger partial charge in [-0.05, 0) is 48.9 Å². The maximum absolute atomic E-state index is 10.8. The summed E-state index contributed by atoms with van der Waals surface area (Å²) in [6.07, 6.45) is 3.55. The van der Waals surface area contributed by atoms with E-state index in [0.29, 0.717) is 5.56 Å². The first kappa shape index (κ1) is 13.1. The molecule has 1 aromatic heterocycles. The Morgan fingerprint density at radius 3 is 2.32 bits per heavy atom. The van der Waals surface area contributed by atoms with Gasteiger partial charge < -0.3 is 10.0 Å². The van der Waals surface area contributed by atoms with Crippen LogP contribution in [0.25, 0.3) is 0 Å². The molecule has 0 aliphatic heterocycles. The Hall–Kier alpha value is -2.36. The number of rotatable bonds is 5. The van der Waals surface area contributed by atoms with Crippen molar-refractivity contribution in [2.24, 2.45) is 0 Å². The molecule has 2 aromatic rings. The topological polar surface area (TPSA) is 53.4 Å². The van der Waals surface area contributed by atoms with Gasteiger partial charge in [-0.25, -0.2) is 4.79 Å². The number of benzene rings is 1. The fourth-order valence-electron chi connectivity index (χ4n) is 1.91. The maximum Gasteiger partial charge on any atom is 0.335 e. The summed E-state index contributed by atoms with van der Waals surface area (Å²) in [5.74, 6) is -0.899. The number of carboxylic acids is 1. The van der Waals surface area contributed by atoms with Crippen LogP contribution in [0.2, 0.25) is 0 Å². The fraction of sp³-hybridized carbons (Fsp3) is 0.200. The molecule has 0 amide bonds. The van der Waals surface area contributed by atoms with E-state index in [0.717, 1.165) is 18.8 Å². The molecule has 0 saturated carbocycles. The summed E-state index contributed by atoms with van der Waals surface area (Å²) in [5, 5.41) is 8.89. The average Bonchev–Trinajstić information content (AvgIpc) is 2.46. The van der Waals surface area contributed by atoms with Gasteiger partial charge in [0.15, 0.2) is 0 Å². The molecule has 0 unspecified atom stereocenters. The molecule has 0 bridgehead atoms. The van der Waals surface area contributed by atoms with Crippen molar-refractivity contribution in [3.63, 3.8) is 0 Å². The van der Waals surface area contributed by atoms with Gasteiger partial charge >= 0.3 is 5.97 Å². The third-order valence-electron chi connectivity index (χ3n) is 2.98. The predicted molar refractivity (Wildman–Crippen MR) is 74.4 cm³/mol. The van der Waals surface area contributed by atoms with E-state index in [1.54, 1.807) is 24.5 Å². The van der Waals surface area contributed by atoms with Crippen molar-refractivity contribution in [2.45, 2.75) is 13.5 Å². The highest BCUT2D eigenvalue weighted by Gasteiger charge is 2.07. The Kier molecular flexibility index (Phi) is 4.13. The lowest BCUT2D eigenvalue weighted by Gasteiger charge is -2.23. The van der Waals surface area contributed by atoms with Crippen molar-refractivity contribution in [1.82, 2.24) is 4.98 Å². The van der Waals surface area contributed by atoms with Crippen molar-refractivity contribution in [2.75, 3.05) is 11.4 Å². The second-order valence-corrected chi connectivity index (χ2v) is 4.22. The smallest absolute Gasteiger partial charge is 0.335 e. The normalized spacial score (nSPS) is 10.2. The fourth-order valence-corrected chi connectivity index (χ4v) is 1.91. The Morgan fingerprint density at radius 2 is 1.79 bits per heavy atom. The molecule has 0 radical (unpaired) electrons. The number of carboxylic acid groups (broad SMARTS) is 1. The number of aromatic nitrogens is 1. The number of hydrogen-bond acceptors (Lipinski definition) is 3. The third-order valence-corrected chi connectivity index (χ3v) is 2.98. The van der Waals surface area contributed by atoms with Gasteiger partial charge in [0.2, 0.25) is 0 Å². The summed E-state index contributed by atoms with van der Waals surface area (Å²) in [7, 11) is 0. The Labute approximate surface area is 112 Å². The summed E-state index contributed by atoms with van der Waals surface area (Å²) in [6, 6.07) is 10.9. The molecule has 0 fully saturated rings. The van der Waals surface area contributed by atoms with Gasteiger partial charge in [-0.3, -0.25) is 4.98 Å². The first-order valence-electron chi connectivity index (χ1n) is 6.18. The quantitative estimate of drug-likeness (QED) is 0.893. The highest BCUT2D eigenvalue weighted by atomic mass is 16.4. The van der Waals surface area contributed by atoms with Gasteiger partial charge in [-0.2, -0.15) is 0 Å².